The highest BCUT2D eigenvalue weighted by molar-refractivity contribution is 5.28. The Bertz CT molecular complexity index is 451. The van der Waals surface area contributed by atoms with Crippen molar-refractivity contribution < 1.29 is 27.4 Å². The molecule has 1 saturated heterocycles. The molecule has 0 spiro atoms. The molecule has 130 valence electrons. The molecule has 0 radical (unpaired) electrons. The van der Waals surface area contributed by atoms with Crippen molar-refractivity contribution in [3.8, 4) is 5.75 Å². The highest BCUT2D eigenvalue weighted by Crippen LogP contribution is 2.30. The largest absolute Gasteiger partial charge is 0.494 e. The van der Waals surface area contributed by atoms with Gasteiger partial charge in [0.2, 0.25) is 0 Å². The number of hydrogen-bond donors (Lipinski definition) is 0. The average Bonchev–Trinajstić information content (AvgIpc) is 2.54. The fourth-order valence-corrected chi connectivity index (χ4v) is 2.33. The van der Waals surface area contributed by atoms with Crippen molar-refractivity contribution in [1.82, 2.24) is 0 Å². The third-order valence-electron chi connectivity index (χ3n) is 3.72. The molecule has 0 saturated carbocycles. The molecule has 1 fully saturated rings. The predicted molar refractivity (Wildman–Crippen MR) is 80.3 cm³/mol. The van der Waals surface area contributed by atoms with E-state index in [9.17, 15) is 13.2 Å². The average molecular weight is 332 g/mol. The summed E-state index contributed by atoms with van der Waals surface area (Å²) in [6.45, 7) is 3.37. The monoisotopic (exact) mass is 332 g/mol. The number of benzene rings is 1. The van der Waals surface area contributed by atoms with E-state index in [2.05, 4.69) is 6.92 Å². The molecule has 0 aliphatic carbocycles. The SMILES string of the molecule is CCCCOc1ccc(C2OCC(CCC(F)(F)F)CO2)cc1. The Morgan fingerprint density at radius 3 is 2.35 bits per heavy atom. The Morgan fingerprint density at radius 2 is 1.78 bits per heavy atom. The van der Waals surface area contributed by atoms with Crippen molar-refractivity contribution >= 4 is 0 Å². The van der Waals surface area contributed by atoms with Crippen LogP contribution in [0.5, 0.6) is 5.75 Å². The lowest BCUT2D eigenvalue weighted by atomic mass is 10.0. The third-order valence-corrected chi connectivity index (χ3v) is 3.72. The topological polar surface area (TPSA) is 27.7 Å². The molecule has 0 amide bonds. The van der Waals surface area contributed by atoms with Crippen LogP contribution >= 0.6 is 0 Å². The number of hydrogen-bond acceptors (Lipinski definition) is 3. The van der Waals surface area contributed by atoms with Crippen LogP contribution in [0.3, 0.4) is 0 Å². The smallest absolute Gasteiger partial charge is 0.389 e. The van der Waals surface area contributed by atoms with Crippen molar-refractivity contribution in [2.75, 3.05) is 19.8 Å². The van der Waals surface area contributed by atoms with Gasteiger partial charge in [0.25, 0.3) is 0 Å². The predicted octanol–water partition coefficient (Wildman–Crippen LogP) is 4.87. The van der Waals surface area contributed by atoms with Gasteiger partial charge in [0.05, 0.1) is 19.8 Å². The molecule has 6 heteroatoms. The zero-order valence-corrected chi connectivity index (χ0v) is 13.3. The van der Waals surface area contributed by atoms with Gasteiger partial charge in [-0.1, -0.05) is 25.5 Å². The number of unbranched alkanes of at least 4 members (excludes halogenated alkanes) is 1. The first-order valence-corrected chi connectivity index (χ1v) is 8.00. The molecule has 3 nitrogen and oxygen atoms in total. The lowest BCUT2D eigenvalue weighted by molar-refractivity contribution is -0.211. The van der Waals surface area contributed by atoms with Crippen LogP contribution in [0, 0.1) is 5.92 Å². The molecular formula is C17H23F3O3. The van der Waals surface area contributed by atoms with Crippen LogP contribution in [-0.4, -0.2) is 26.0 Å². The first-order valence-electron chi connectivity index (χ1n) is 8.00. The van der Waals surface area contributed by atoms with Crippen LogP contribution in [-0.2, 0) is 9.47 Å². The van der Waals surface area contributed by atoms with Crippen molar-refractivity contribution in [2.45, 2.75) is 45.1 Å². The maximum Gasteiger partial charge on any atom is 0.389 e. The van der Waals surface area contributed by atoms with Crippen molar-refractivity contribution in [3.63, 3.8) is 0 Å². The lowest BCUT2D eigenvalue weighted by Gasteiger charge is -2.29. The van der Waals surface area contributed by atoms with E-state index in [0.717, 1.165) is 24.2 Å². The van der Waals surface area contributed by atoms with Gasteiger partial charge in [-0.2, -0.15) is 13.2 Å². The van der Waals surface area contributed by atoms with Gasteiger partial charge in [0.15, 0.2) is 6.29 Å². The number of alkyl halides is 3. The van der Waals surface area contributed by atoms with E-state index in [4.69, 9.17) is 14.2 Å². The van der Waals surface area contributed by atoms with Crippen LogP contribution in [0.2, 0.25) is 0 Å². The number of ether oxygens (including phenoxy) is 3. The summed E-state index contributed by atoms with van der Waals surface area (Å²) in [4.78, 5) is 0. The minimum atomic E-state index is -4.12. The van der Waals surface area contributed by atoms with Crippen LogP contribution in [0.4, 0.5) is 13.2 Å². The second kappa shape index (κ2) is 8.55. The second-order valence-corrected chi connectivity index (χ2v) is 5.79. The van der Waals surface area contributed by atoms with Gasteiger partial charge in [-0.05, 0) is 25.0 Å². The van der Waals surface area contributed by atoms with Crippen molar-refractivity contribution in [2.24, 2.45) is 5.92 Å². The summed E-state index contributed by atoms with van der Waals surface area (Å²) in [5, 5.41) is 0. The maximum atomic E-state index is 12.2. The molecule has 0 bridgehead atoms. The van der Waals surface area contributed by atoms with E-state index < -0.39 is 18.9 Å². The highest BCUT2D eigenvalue weighted by Gasteiger charge is 2.30. The Kier molecular flexibility index (Phi) is 6.72. The fraction of sp³-hybridized carbons (Fsp3) is 0.647. The first-order chi connectivity index (χ1) is 11.0. The van der Waals surface area contributed by atoms with Gasteiger partial charge in [-0.25, -0.2) is 0 Å². The summed E-state index contributed by atoms with van der Waals surface area (Å²) in [5.41, 5.74) is 0.849. The number of halogens is 3. The summed E-state index contributed by atoms with van der Waals surface area (Å²) in [5.74, 6) is 0.589. The molecule has 1 aromatic carbocycles. The minimum absolute atomic E-state index is 0.0421. The van der Waals surface area contributed by atoms with Crippen LogP contribution in [0.1, 0.15) is 44.5 Å². The highest BCUT2D eigenvalue weighted by atomic mass is 19.4. The van der Waals surface area contributed by atoms with Crippen LogP contribution in [0.15, 0.2) is 24.3 Å². The standard InChI is InChI=1S/C17H23F3O3/c1-2-3-10-21-15-6-4-14(5-7-15)16-22-11-13(12-23-16)8-9-17(18,19)20/h4-7,13,16H,2-3,8-12H2,1H3. The van der Waals surface area contributed by atoms with E-state index >= 15 is 0 Å². The van der Waals surface area contributed by atoms with Gasteiger partial charge >= 0.3 is 6.18 Å². The summed E-state index contributed by atoms with van der Waals surface area (Å²) >= 11 is 0. The molecule has 0 atom stereocenters. The Hall–Kier alpha value is -1.27. The zero-order chi connectivity index (χ0) is 16.7. The summed E-state index contributed by atoms with van der Waals surface area (Å²) in [7, 11) is 0. The van der Waals surface area contributed by atoms with E-state index in [1.54, 1.807) is 0 Å². The quantitative estimate of drug-likeness (QED) is 0.667. The fourth-order valence-electron chi connectivity index (χ4n) is 2.33. The van der Waals surface area contributed by atoms with Gasteiger partial charge < -0.3 is 14.2 Å². The summed E-state index contributed by atoms with van der Waals surface area (Å²) in [6, 6.07) is 7.44. The normalized spacial score (nSPS) is 22.1. The molecule has 1 aromatic rings. The van der Waals surface area contributed by atoms with E-state index in [0.29, 0.717) is 6.61 Å². The summed E-state index contributed by atoms with van der Waals surface area (Å²) in [6.07, 6.45) is -3.29. The summed E-state index contributed by atoms with van der Waals surface area (Å²) < 4.78 is 53.3. The first kappa shape index (κ1) is 18.1. The molecule has 23 heavy (non-hydrogen) atoms. The molecule has 1 aliphatic heterocycles. The van der Waals surface area contributed by atoms with E-state index in [1.165, 1.54) is 0 Å². The van der Waals surface area contributed by atoms with Gasteiger partial charge in [0.1, 0.15) is 5.75 Å². The molecule has 0 unspecified atom stereocenters. The molecule has 1 aliphatic rings. The lowest BCUT2D eigenvalue weighted by Crippen LogP contribution is -2.28. The zero-order valence-electron chi connectivity index (χ0n) is 13.3. The molecule has 2 rings (SSSR count). The Labute approximate surface area is 134 Å². The second-order valence-electron chi connectivity index (χ2n) is 5.79. The molecule has 0 N–H and O–H groups in total. The van der Waals surface area contributed by atoms with Crippen LogP contribution in [0.25, 0.3) is 0 Å². The molecular weight excluding hydrogens is 309 g/mol. The third kappa shape index (κ3) is 6.39. The van der Waals surface area contributed by atoms with Crippen LogP contribution < -0.4 is 4.74 Å². The van der Waals surface area contributed by atoms with E-state index in [1.807, 2.05) is 24.3 Å². The van der Waals surface area contributed by atoms with E-state index in [-0.39, 0.29) is 25.6 Å². The van der Waals surface area contributed by atoms with Gasteiger partial charge in [0, 0.05) is 17.9 Å². The van der Waals surface area contributed by atoms with Crippen molar-refractivity contribution in [3.05, 3.63) is 29.8 Å². The van der Waals surface area contributed by atoms with Gasteiger partial charge in [-0.15, -0.1) is 0 Å². The number of rotatable bonds is 7. The maximum absolute atomic E-state index is 12.2. The minimum Gasteiger partial charge on any atom is -0.494 e. The Morgan fingerprint density at radius 1 is 1.13 bits per heavy atom. The van der Waals surface area contributed by atoms with Crippen molar-refractivity contribution in [1.29, 1.82) is 0 Å². The molecule has 0 aromatic heterocycles. The van der Waals surface area contributed by atoms with Gasteiger partial charge in [-0.3, -0.25) is 0 Å². The molecule has 1 heterocycles. The Balaban J connectivity index is 1.76.